The normalized spacial score (nSPS) is 23.7. The van der Waals surface area contributed by atoms with Crippen LogP contribution in [-0.2, 0) is 11.3 Å². The molecule has 4 rings (SSSR count). The first-order valence-electron chi connectivity index (χ1n) is 8.12. The fourth-order valence-electron chi connectivity index (χ4n) is 3.55. The van der Waals surface area contributed by atoms with Gasteiger partial charge in [-0.1, -0.05) is 5.21 Å². The van der Waals surface area contributed by atoms with Crippen molar-refractivity contribution in [3.63, 3.8) is 0 Å². The molecule has 7 nitrogen and oxygen atoms in total. The Hall–Kier alpha value is -2.15. The van der Waals surface area contributed by atoms with Gasteiger partial charge in [-0.05, 0) is 32.4 Å². The molecule has 0 spiro atoms. The van der Waals surface area contributed by atoms with Gasteiger partial charge in [0.25, 0.3) is 5.91 Å². The summed E-state index contributed by atoms with van der Waals surface area (Å²) < 4.78 is 9.85. The molecule has 23 heavy (non-hydrogen) atoms. The molecule has 0 aromatic carbocycles. The number of hydrogen-bond acceptors (Lipinski definition) is 4. The standard InChI is InChI=1S/C16H21N5O2/c1-11(2)20-6-3-4-13(20)16(22)19-7-5-15-14(9-19)21-12(10-23-15)8-17-18-21/h3-4,6,8,11,14-15H,5,7,9-10H2,1-2H3/t14-,15+/m1/s1. The summed E-state index contributed by atoms with van der Waals surface area (Å²) in [5.41, 5.74) is 1.72. The molecule has 0 aliphatic carbocycles. The lowest BCUT2D eigenvalue weighted by molar-refractivity contribution is -0.0606. The van der Waals surface area contributed by atoms with Gasteiger partial charge >= 0.3 is 0 Å². The van der Waals surface area contributed by atoms with E-state index in [2.05, 4.69) is 24.2 Å². The molecule has 1 fully saturated rings. The van der Waals surface area contributed by atoms with Gasteiger partial charge in [-0.25, -0.2) is 4.68 Å². The Morgan fingerprint density at radius 2 is 2.30 bits per heavy atom. The summed E-state index contributed by atoms with van der Waals surface area (Å²) in [6.45, 7) is 6.05. The Morgan fingerprint density at radius 1 is 1.43 bits per heavy atom. The van der Waals surface area contributed by atoms with Crippen LogP contribution in [0.3, 0.4) is 0 Å². The van der Waals surface area contributed by atoms with Crippen molar-refractivity contribution in [3.8, 4) is 0 Å². The van der Waals surface area contributed by atoms with Crippen LogP contribution in [0.2, 0.25) is 0 Å². The van der Waals surface area contributed by atoms with Crippen LogP contribution in [0.15, 0.2) is 24.5 Å². The molecule has 0 saturated carbocycles. The first-order chi connectivity index (χ1) is 11.1. The van der Waals surface area contributed by atoms with Crippen LogP contribution in [0.5, 0.6) is 0 Å². The molecule has 2 aliphatic heterocycles. The average molecular weight is 315 g/mol. The van der Waals surface area contributed by atoms with E-state index in [1.54, 1.807) is 6.20 Å². The minimum Gasteiger partial charge on any atom is -0.370 e. The number of fused-ring (bicyclic) bond motifs is 3. The number of piperidine rings is 1. The van der Waals surface area contributed by atoms with Crippen LogP contribution in [0.25, 0.3) is 0 Å². The smallest absolute Gasteiger partial charge is 0.270 e. The van der Waals surface area contributed by atoms with E-state index in [0.29, 0.717) is 19.7 Å². The molecule has 0 N–H and O–H groups in total. The van der Waals surface area contributed by atoms with Crippen molar-refractivity contribution in [2.24, 2.45) is 0 Å². The molecular formula is C16H21N5O2. The van der Waals surface area contributed by atoms with Crippen molar-refractivity contribution < 1.29 is 9.53 Å². The zero-order valence-electron chi connectivity index (χ0n) is 13.4. The average Bonchev–Trinajstić information content (AvgIpc) is 3.22. The van der Waals surface area contributed by atoms with Gasteiger partial charge < -0.3 is 14.2 Å². The molecule has 2 aromatic rings. The predicted octanol–water partition coefficient (Wildman–Crippen LogP) is 1.65. The topological polar surface area (TPSA) is 65.2 Å². The number of carbonyl (C=O) groups excluding carboxylic acids is 1. The summed E-state index contributed by atoms with van der Waals surface area (Å²) in [5, 5.41) is 8.16. The number of carbonyl (C=O) groups is 1. The number of amides is 1. The highest BCUT2D eigenvalue weighted by Crippen LogP contribution is 2.30. The van der Waals surface area contributed by atoms with Gasteiger partial charge in [0.15, 0.2) is 0 Å². The van der Waals surface area contributed by atoms with Crippen molar-refractivity contribution in [2.75, 3.05) is 13.1 Å². The van der Waals surface area contributed by atoms with Crippen molar-refractivity contribution in [3.05, 3.63) is 35.9 Å². The second-order valence-electron chi connectivity index (χ2n) is 6.52. The summed E-state index contributed by atoms with van der Waals surface area (Å²) >= 11 is 0. The Morgan fingerprint density at radius 3 is 3.13 bits per heavy atom. The monoisotopic (exact) mass is 315 g/mol. The molecular weight excluding hydrogens is 294 g/mol. The highest BCUT2D eigenvalue weighted by Gasteiger charge is 2.38. The minimum absolute atomic E-state index is 0.0569. The van der Waals surface area contributed by atoms with Crippen LogP contribution in [0.1, 0.15) is 48.5 Å². The maximum Gasteiger partial charge on any atom is 0.270 e. The van der Waals surface area contributed by atoms with E-state index in [4.69, 9.17) is 4.74 Å². The van der Waals surface area contributed by atoms with Crippen molar-refractivity contribution >= 4 is 5.91 Å². The maximum absolute atomic E-state index is 12.9. The third kappa shape index (κ3) is 2.35. The quantitative estimate of drug-likeness (QED) is 0.845. The van der Waals surface area contributed by atoms with Crippen LogP contribution >= 0.6 is 0 Å². The van der Waals surface area contributed by atoms with Crippen molar-refractivity contribution in [1.29, 1.82) is 0 Å². The van der Waals surface area contributed by atoms with E-state index < -0.39 is 0 Å². The van der Waals surface area contributed by atoms with Crippen LogP contribution < -0.4 is 0 Å². The van der Waals surface area contributed by atoms with Crippen LogP contribution in [-0.4, -0.2) is 49.6 Å². The van der Waals surface area contributed by atoms with Gasteiger partial charge in [-0.15, -0.1) is 5.10 Å². The summed E-state index contributed by atoms with van der Waals surface area (Å²) in [4.78, 5) is 14.8. The first-order valence-corrected chi connectivity index (χ1v) is 8.12. The van der Waals surface area contributed by atoms with E-state index in [0.717, 1.165) is 17.8 Å². The molecule has 2 aromatic heterocycles. The first kappa shape index (κ1) is 14.4. The molecule has 7 heteroatoms. The molecule has 0 bridgehead atoms. The van der Waals surface area contributed by atoms with E-state index in [1.165, 1.54) is 0 Å². The van der Waals surface area contributed by atoms with E-state index in [9.17, 15) is 4.79 Å². The second-order valence-corrected chi connectivity index (χ2v) is 6.52. The summed E-state index contributed by atoms with van der Waals surface area (Å²) in [6.07, 6.45) is 4.65. The zero-order valence-corrected chi connectivity index (χ0v) is 13.4. The lowest BCUT2D eigenvalue weighted by Gasteiger charge is -2.41. The fraction of sp³-hybridized carbons (Fsp3) is 0.562. The Balaban J connectivity index is 1.58. The van der Waals surface area contributed by atoms with E-state index in [1.807, 2.05) is 32.5 Å². The maximum atomic E-state index is 12.9. The number of likely N-dealkylation sites (tertiary alicyclic amines) is 1. The zero-order chi connectivity index (χ0) is 16.0. The number of nitrogens with zero attached hydrogens (tertiary/aromatic N) is 5. The highest BCUT2D eigenvalue weighted by atomic mass is 16.5. The summed E-state index contributed by atoms with van der Waals surface area (Å²) in [7, 11) is 0. The molecule has 0 radical (unpaired) electrons. The van der Waals surface area contributed by atoms with Gasteiger partial charge in [-0.3, -0.25) is 4.79 Å². The summed E-state index contributed by atoms with van der Waals surface area (Å²) in [5.74, 6) is 0.0781. The Labute approximate surface area is 134 Å². The SMILES string of the molecule is CC(C)n1cccc1C(=O)N1CC[C@@H]2OCc3cnnn3[C@@H]2C1. The van der Waals surface area contributed by atoms with Gasteiger partial charge in [-0.2, -0.15) is 0 Å². The number of rotatable bonds is 2. The third-order valence-electron chi connectivity index (χ3n) is 4.77. The van der Waals surface area contributed by atoms with Gasteiger partial charge in [0.2, 0.25) is 0 Å². The van der Waals surface area contributed by atoms with E-state index >= 15 is 0 Å². The molecule has 0 unspecified atom stereocenters. The lowest BCUT2D eigenvalue weighted by atomic mass is 10.00. The molecule has 1 saturated heterocycles. The third-order valence-corrected chi connectivity index (χ3v) is 4.77. The predicted molar refractivity (Wildman–Crippen MR) is 83.0 cm³/mol. The van der Waals surface area contributed by atoms with Crippen molar-refractivity contribution in [2.45, 2.75) is 45.1 Å². The molecule has 2 atom stereocenters. The number of aromatic nitrogens is 4. The highest BCUT2D eigenvalue weighted by molar-refractivity contribution is 5.93. The molecule has 2 aliphatic rings. The number of ether oxygens (including phenoxy) is 1. The van der Waals surface area contributed by atoms with Gasteiger partial charge in [0.05, 0.1) is 30.6 Å². The Kier molecular flexibility index (Phi) is 3.45. The van der Waals surface area contributed by atoms with Crippen LogP contribution in [0, 0.1) is 0 Å². The second kappa shape index (κ2) is 5.49. The number of hydrogen-bond donors (Lipinski definition) is 0. The molecule has 122 valence electrons. The Bertz CT molecular complexity index is 720. The largest absolute Gasteiger partial charge is 0.370 e. The van der Waals surface area contributed by atoms with Gasteiger partial charge in [0.1, 0.15) is 5.69 Å². The molecule has 1 amide bonds. The lowest BCUT2D eigenvalue weighted by Crippen LogP contribution is -2.50. The molecule has 4 heterocycles. The summed E-state index contributed by atoms with van der Waals surface area (Å²) in [6, 6.07) is 4.15. The van der Waals surface area contributed by atoms with Crippen molar-refractivity contribution in [1.82, 2.24) is 24.5 Å². The van der Waals surface area contributed by atoms with E-state index in [-0.39, 0.29) is 24.1 Å². The minimum atomic E-state index is 0.0569. The van der Waals surface area contributed by atoms with Gasteiger partial charge in [0, 0.05) is 25.3 Å². The fourth-order valence-corrected chi connectivity index (χ4v) is 3.55. The van der Waals surface area contributed by atoms with Crippen LogP contribution in [0.4, 0.5) is 0 Å².